The normalized spacial score (nSPS) is 19.3. The summed E-state index contributed by atoms with van der Waals surface area (Å²) in [6.45, 7) is 5.50. The van der Waals surface area contributed by atoms with Gasteiger partial charge in [0.05, 0.1) is 0 Å². The first-order valence-corrected chi connectivity index (χ1v) is 5.60. The van der Waals surface area contributed by atoms with E-state index in [0.29, 0.717) is 12.3 Å². The molecule has 1 aliphatic rings. The van der Waals surface area contributed by atoms with Crippen LogP contribution in [0, 0.1) is 5.92 Å². The van der Waals surface area contributed by atoms with Crippen molar-refractivity contribution in [1.82, 2.24) is 4.90 Å². The van der Waals surface area contributed by atoms with Crippen molar-refractivity contribution in [3.8, 4) is 0 Å². The molecule has 0 aromatic rings. The highest BCUT2D eigenvalue weighted by Gasteiger charge is 2.25. The van der Waals surface area contributed by atoms with Gasteiger partial charge >= 0.3 is 0 Å². The summed E-state index contributed by atoms with van der Waals surface area (Å²) in [5.74, 6) is 0.513. The minimum absolute atomic E-state index is 0.138. The fourth-order valence-corrected chi connectivity index (χ4v) is 1.87. The minimum atomic E-state index is -0.426. The molecule has 1 saturated heterocycles. The summed E-state index contributed by atoms with van der Waals surface area (Å²) in [4.78, 5) is 13.7. The van der Waals surface area contributed by atoms with Crippen LogP contribution in [0.2, 0.25) is 0 Å². The van der Waals surface area contributed by atoms with Crippen LogP contribution in [0.25, 0.3) is 0 Å². The van der Waals surface area contributed by atoms with Gasteiger partial charge in [-0.1, -0.05) is 0 Å². The zero-order chi connectivity index (χ0) is 11.5. The van der Waals surface area contributed by atoms with Crippen molar-refractivity contribution in [2.75, 3.05) is 19.7 Å². The first-order valence-electron chi connectivity index (χ1n) is 5.60. The Kier molecular flexibility index (Phi) is 4.11. The van der Waals surface area contributed by atoms with Gasteiger partial charge in [-0.15, -0.1) is 0 Å². The minimum Gasteiger partial charge on any atom is -0.396 e. The van der Waals surface area contributed by atoms with Crippen LogP contribution >= 0.6 is 0 Å². The average molecular weight is 214 g/mol. The number of amides is 1. The van der Waals surface area contributed by atoms with E-state index in [1.54, 1.807) is 0 Å². The summed E-state index contributed by atoms with van der Waals surface area (Å²) in [5.41, 5.74) is 5.38. The highest BCUT2D eigenvalue weighted by molar-refractivity contribution is 5.77. The molecule has 1 heterocycles. The molecule has 4 nitrogen and oxygen atoms in total. The second kappa shape index (κ2) is 4.94. The third-order valence-electron chi connectivity index (χ3n) is 2.83. The number of hydrogen-bond acceptors (Lipinski definition) is 3. The molecule has 1 amide bonds. The van der Waals surface area contributed by atoms with Gasteiger partial charge in [0.1, 0.15) is 0 Å². The van der Waals surface area contributed by atoms with Gasteiger partial charge in [0, 0.05) is 31.7 Å². The number of aliphatic hydroxyl groups is 1. The molecular weight excluding hydrogens is 192 g/mol. The molecule has 0 spiro atoms. The number of piperidine rings is 1. The number of likely N-dealkylation sites (tertiary alicyclic amines) is 1. The molecule has 0 aromatic heterocycles. The van der Waals surface area contributed by atoms with Crippen molar-refractivity contribution >= 4 is 5.91 Å². The molecule has 0 radical (unpaired) electrons. The fraction of sp³-hybridized carbons (Fsp3) is 0.909. The number of hydrogen-bond donors (Lipinski definition) is 2. The predicted molar refractivity (Wildman–Crippen MR) is 59.3 cm³/mol. The molecule has 3 N–H and O–H groups in total. The van der Waals surface area contributed by atoms with Crippen molar-refractivity contribution in [3.63, 3.8) is 0 Å². The smallest absolute Gasteiger partial charge is 0.224 e. The van der Waals surface area contributed by atoms with E-state index in [9.17, 15) is 4.79 Å². The van der Waals surface area contributed by atoms with E-state index in [-0.39, 0.29) is 12.5 Å². The topological polar surface area (TPSA) is 66.6 Å². The monoisotopic (exact) mass is 214 g/mol. The van der Waals surface area contributed by atoms with Gasteiger partial charge in [0.25, 0.3) is 0 Å². The Labute approximate surface area is 91.4 Å². The highest BCUT2D eigenvalue weighted by Crippen LogP contribution is 2.18. The lowest BCUT2D eigenvalue weighted by Crippen LogP contribution is -2.44. The van der Waals surface area contributed by atoms with Gasteiger partial charge in [-0.3, -0.25) is 4.79 Å². The maximum atomic E-state index is 11.8. The molecule has 0 saturated carbocycles. The lowest BCUT2D eigenvalue weighted by Gasteiger charge is -2.32. The first kappa shape index (κ1) is 12.5. The number of rotatable bonds is 3. The molecule has 0 aromatic carbocycles. The van der Waals surface area contributed by atoms with E-state index >= 15 is 0 Å². The highest BCUT2D eigenvalue weighted by atomic mass is 16.3. The van der Waals surface area contributed by atoms with Crippen molar-refractivity contribution in [2.24, 2.45) is 11.7 Å². The number of aliphatic hydroxyl groups excluding tert-OH is 1. The molecule has 0 unspecified atom stereocenters. The molecular formula is C11H22N2O2. The van der Waals surface area contributed by atoms with Gasteiger partial charge < -0.3 is 15.7 Å². The second-order valence-electron chi connectivity index (χ2n) is 5.17. The van der Waals surface area contributed by atoms with E-state index in [0.717, 1.165) is 25.9 Å². The van der Waals surface area contributed by atoms with Gasteiger partial charge in [0.2, 0.25) is 5.91 Å². The van der Waals surface area contributed by atoms with Crippen molar-refractivity contribution in [2.45, 2.75) is 38.6 Å². The fourth-order valence-electron chi connectivity index (χ4n) is 1.87. The van der Waals surface area contributed by atoms with Gasteiger partial charge in [-0.05, 0) is 32.6 Å². The van der Waals surface area contributed by atoms with Crippen LogP contribution in [-0.4, -0.2) is 41.1 Å². The SMILES string of the molecule is CC(C)(N)CC(=O)N1CCC(CO)CC1. The third kappa shape index (κ3) is 4.18. The average Bonchev–Trinajstić information content (AvgIpc) is 2.15. The van der Waals surface area contributed by atoms with Gasteiger partial charge in [-0.2, -0.15) is 0 Å². The molecule has 1 rings (SSSR count). The zero-order valence-corrected chi connectivity index (χ0v) is 9.70. The maximum Gasteiger partial charge on any atom is 0.224 e. The summed E-state index contributed by atoms with van der Waals surface area (Å²) >= 11 is 0. The van der Waals surface area contributed by atoms with Crippen LogP contribution in [-0.2, 0) is 4.79 Å². The van der Waals surface area contributed by atoms with E-state index in [4.69, 9.17) is 10.8 Å². The van der Waals surface area contributed by atoms with Crippen molar-refractivity contribution in [3.05, 3.63) is 0 Å². The van der Waals surface area contributed by atoms with Crippen LogP contribution in [0.5, 0.6) is 0 Å². The van der Waals surface area contributed by atoms with E-state index in [1.807, 2.05) is 18.7 Å². The molecule has 0 bridgehead atoms. The van der Waals surface area contributed by atoms with Gasteiger partial charge in [-0.25, -0.2) is 0 Å². The van der Waals surface area contributed by atoms with E-state index in [2.05, 4.69) is 0 Å². The van der Waals surface area contributed by atoms with Crippen LogP contribution in [0.15, 0.2) is 0 Å². The van der Waals surface area contributed by atoms with Crippen LogP contribution in [0.1, 0.15) is 33.1 Å². The maximum absolute atomic E-state index is 11.8. The predicted octanol–water partition coefficient (Wildman–Crippen LogP) is 0.345. The Morgan fingerprint density at radius 2 is 2.00 bits per heavy atom. The Morgan fingerprint density at radius 1 is 1.47 bits per heavy atom. The summed E-state index contributed by atoms with van der Waals surface area (Å²) in [6.07, 6.45) is 2.22. The number of nitrogens with zero attached hydrogens (tertiary/aromatic N) is 1. The lowest BCUT2D eigenvalue weighted by molar-refractivity contribution is -0.133. The lowest BCUT2D eigenvalue weighted by atomic mass is 9.96. The van der Waals surface area contributed by atoms with Crippen molar-refractivity contribution < 1.29 is 9.90 Å². The quantitative estimate of drug-likeness (QED) is 0.712. The van der Waals surface area contributed by atoms with Crippen molar-refractivity contribution in [1.29, 1.82) is 0 Å². The first-order chi connectivity index (χ1) is 6.92. The van der Waals surface area contributed by atoms with Crippen LogP contribution in [0.3, 0.4) is 0 Å². The van der Waals surface area contributed by atoms with Crippen LogP contribution in [0.4, 0.5) is 0 Å². The summed E-state index contributed by atoms with van der Waals surface area (Å²) < 4.78 is 0. The Bertz CT molecular complexity index is 215. The number of nitrogens with two attached hydrogens (primary N) is 1. The molecule has 1 aliphatic heterocycles. The van der Waals surface area contributed by atoms with E-state index in [1.165, 1.54) is 0 Å². The molecule has 0 aliphatic carbocycles. The molecule has 1 fully saturated rings. The van der Waals surface area contributed by atoms with E-state index < -0.39 is 5.54 Å². The molecule has 88 valence electrons. The Morgan fingerprint density at radius 3 is 2.40 bits per heavy atom. The Hall–Kier alpha value is -0.610. The largest absolute Gasteiger partial charge is 0.396 e. The number of carbonyl (C=O) groups is 1. The molecule has 15 heavy (non-hydrogen) atoms. The second-order valence-corrected chi connectivity index (χ2v) is 5.17. The Balaban J connectivity index is 2.37. The standard InChI is InChI=1S/C11H22N2O2/c1-11(2,12)7-10(15)13-5-3-9(8-14)4-6-13/h9,14H,3-8,12H2,1-2H3. The molecule has 0 atom stereocenters. The summed E-state index contributed by atoms with van der Waals surface area (Å²) in [7, 11) is 0. The van der Waals surface area contributed by atoms with Crippen LogP contribution < -0.4 is 5.73 Å². The van der Waals surface area contributed by atoms with Gasteiger partial charge in [0.15, 0.2) is 0 Å². The summed E-state index contributed by atoms with van der Waals surface area (Å²) in [6, 6.07) is 0. The zero-order valence-electron chi connectivity index (χ0n) is 9.70. The number of carbonyl (C=O) groups excluding carboxylic acids is 1. The third-order valence-corrected chi connectivity index (χ3v) is 2.83. The summed E-state index contributed by atoms with van der Waals surface area (Å²) in [5, 5.41) is 8.98. The molecule has 4 heteroatoms.